The molecule has 11 heteroatoms. The lowest BCUT2D eigenvalue weighted by Gasteiger charge is -2.36. The lowest BCUT2D eigenvalue weighted by Crippen LogP contribution is -2.55. The van der Waals surface area contributed by atoms with Gasteiger partial charge in [-0.2, -0.15) is 9.98 Å². The second-order valence-electron chi connectivity index (χ2n) is 8.19. The Kier molecular flexibility index (Phi) is 6.72. The van der Waals surface area contributed by atoms with Crippen LogP contribution in [0.2, 0.25) is 0 Å². The molecule has 2 aromatic heterocycles. The molecule has 0 bridgehead atoms. The molecule has 2 amide bonds. The molecule has 1 atom stereocenters. The Hall–Kier alpha value is -3.62. The zero-order valence-electron chi connectivity index (χ0n) is 18.8. The number of fused-ring (bicyclic) bond motifs is 1. The second kappa shape index (κ2) is 9.70. The van der Waals surface area contributed by atoms with E-state index < -0.39 is 16.1 Å². The van der Waals surface area contributed by atoms with Gasteiger partial charge in [0.1, 0.15) is 17.8 Å². The van der Waals surface area contributed by atoms with Crippen LogP contribution in [0.3, 0.4) is 0 Å². The fraction of sp³-hybridized carbons (Fsp3) is 0.348. The van der Waals surface area contributed by atoms with Gasteiger partial charge in [0.25, 0.3) is 0 Å². The van der Waals surface area contributed by atoms with Crippen LogP contribution in [0.4, 0.5) is 0 Å². The summed E-state index contributed by atoms with van der Waals surface area (Å²) in [5, 5.41) is 9.81. The van der Waals surface area contributed by atoms with Crippen LogP contribution in [0.5, 0.6) is 0 Å². The average Bonchev–Trinajstić information content (AvgIpc) is 3.50. The fourth-order valence-corrected chi connectivity index (χ4v) is 5.66. The van der Waals surface area contributed by atoms with Gasteiger partial charge in [0.05, 0.1) is 4.90 Å². The van der Waals surface area contributed by atoms with Gasteiger partial charge in [0.15, 0.2) is 0 Å². The van der Waals surface area contributed by atoms with E-state index in [4.69, 9.17) is 0 Å². The van der Waals surface area contributed by atoms with E-state index in [2.05, 4.69) is 15.8 Å². The van der Waals surface area contributed by atoms with Gasteiger partial charge >= 0.3 is 0 Å². The maximum Gasteiger partial charge on any atom is 0.241 e. The summed E-state index contributed by atoms with van der Waals surface area (Å²) in [6.07, 6.45) is 3.55. The SMILES string of the molecule is CC(=O)N1CCN(C(=O)C(CCn2cccc2C#N)NS(=O)(=O)c2cccc3[nH]ccc23)CC1. The molecule has 178 valence electrons. The summed E-state index contributed by atoms with van der Waals surface area (Å²) >= 11 is 0. The van der Waals surface area contributed by atoms with Crippen LogP contribution in [-0.4, -0.2) is 71.8 Å². The summed E-state index contributed by atoms with van der Waals surface area (Å²) in [7, 11) is -4.03. The normalized spacial score (nSPS) is 15.3. The molecular formula is C23H26N6O4S. The molecule has 1 aliphatic rings. The molecule has 0 saturated carbocycles. The van der Waals surface area contributed by atoms with Crippen LogP contribution in [-0.2, 0) is 26.2 Å². The Morgan fingerprint density at radius 3 is 2.56 bits per heavy atom. The van der Waals surface area contributed by atoms with Crippen LogP contribution in [0.1, 0.15) is 19.0 Å². The highest BCUT2D eigenvalue weighted by Crippen LogP contribution is 2.23. The summed E-state index contributed by atoms with van der Waals surface area (Å²) < 4.78 is 31.0. The van der Waals surface area contributed by atoms with E-state index in [0.717, 1.165) is 0 Å². The molecular weight excluding hydrogens is 456 g/mol. The Bertz CT molecular complexity index is 1340. The first-order valence-corrected chi connectivity index (χ1v) is 12.5. The van der Waals surface area contributed by atoms with Gasteiger partial charge < -0.3 is 19.4 Å². The van der Waals surface area contributed by atoms with Gasteiger partial charge in [0, 0.05) is 62.9 Å². The third-order valence-electron chi connectivity index (χ3n) is 6.08. The number of carbonyl (C=O) groups is 2. The lowest BCUT2D eigenvalue weighted by atomic mass is 10.1. The molecule has 10 nitrogen and oxygen atoms in total. The molecule has 1 saturated heterocycles. The highest BCUT2D eigenvalue weighted by Gasteiger charge is 2.32. The lowest BCUT2D eigenvalue weighted by molar-refractivity contribution is -0.139. The number of nitriles is 1. The number of nitrogens with zero attached hydrogens (tertiary/aromatic N) is 4. The van der Waals surface area contributed by atoms with Gasteiger partial charge in [-0.3, -0.25) is 9.59 Å². The first-order valence-electron chi connectivity index (χ1n) is 11.0. The average molecular weight is 483 g/mol. The molecule has 1 unspecified atom stereocenters. The highest BCUT2D eigenvalue weighted by molar-refractivity contribution is 7.89. The minimum Gasteiger partial charge on any atom is -0.361 e. The molecule has 1 aromatic carbocycles. The third-order valence-corrected chi connectivity index (χ3v) is 7.61. The molecule has 3 heterocycles. The summed E-state index contributed by atoms with van der Waals surface area (Å²) in [4.78, 5) is 31.4. The van der Waals surface area contributed by atoms with E-state index in [9.17, 15) is 23.3 Å². The van der Waals surface area contributed by atoms with Crippen molar-refractivity contribution in [1.29, 1.82) is 5.26 Å². The van der Waals surface area contributed by atoms with E-state index in [1.54, 1.807) is 57.1 Å². The van der Waals surface area contributed by atoms with Crippen LogP contribution >= 0.6 is 0 Å². The molecule has 0 aliphatic carbocycles. The number of aryl methyl sites for hydroxylation is 1. The van der Waals surface area contributed by atoms with Crippen molar-refractivity contribution in [3.63, 3.8) is 0 Å². The van der Waals surface area contributed by atoms with Crippen molar-refractivity contribution in [2.24, 2.45) is 0 Å². The Labute approximate surface area is 197 Å². The van der Waals surface area contributed by atoms with Crippen molar-refractivity contribution in [2.45, 2.75) is 30.8 Å². The maximum absolute atomic E-state index is 13.4. The van der Waals surface area contributed by atoms with E-state index in [-0.39, 0.29) is 29.7 Å². The molecule has 0 spiro atoms. The Morgan fingerprint density at radius 1 is 1.12 bits per heavy atom. The number of aromatic amines is 1. The molecule has 1 fully saturated rings. The number of carbonyl (C=O) groups excluding carboxylic acids is 2. The molecule has 0 radical (unpaired) electrons. The monoisotopic (exact) mass is 482 g/mol. The zero-order valence-corrected chi connectivity index (χ0v) is 19.6. The van der Waals surface area contributed by atoms with Gasteiger partial charge in [-0.15, -0.1) is 0 Å². The smallest absolute Gasteiger partial charge is 0.241 e. The summed E-state index contributed by atoms with van der Waals surface area (Å²) in [5.74, 6) is -0.403. The van der Waals surface area contributed by atoms with Crippen LogP contribution in [0.25, 0.3) is 10.9 Å². The molecule has 34 heavy (non-hydrogen) atoms. The van der Waals surface area contributed by atoms with Crippen molar-refractivity contribution >= 4 is 32.7 Å². The standard InChI is InChI=1S/C23H26N6O4S/c1-17(30)27-12-14-29(15-13-27)23(31)21(8-11-28-10-3-4-18(28)16-24)26-34(32,33)22-6-2-5-20-19(22)7-9-25-20/h2-7,9-10,21,25-26H,8,11-15H2,1H3. The number of nitrogens with one attached hydrogen (secondary N) is 2. The number of H-pyrrole nitrogens is 1. The molecule has 2 N–H and O–H groups in total. The van der Waals surface area contributed by atoms with E-state index in [1.165, 1.54) is 13.0 Å². The van der Waals surface area contributed by atoms with Crippen molar-refractivity contribution < 1.29 is 18.0 Å². The highest BCUT2D eigenvalue weighted by atomic mass is 32.2. The zero-order chi connectivity index (χ0) is 24.3. The largest absolute Gasteiger partial charge is 0.361 e. The Morgan fingerprint density at radius 2 is 1.85 bits per heavy atom. The van der Waals surface area contributed by atoms with Gasteiger partial charge in [-0.1, -0.05) is 6.07 Å². The number of hydrogen-bond acceptors (Lipinski definition) is 5. The van der Waals surface area contributed by atoms with Crippen LogP contribution in [0, 0.1) is 11.3 Å². The quantitative estimate of drug-likeness (QED) is 0.524. The third kappa shape index (κ3) is 4.83. The van der Waals surface area contributed by atoms with Gasteiger partial charge in [-0.05, 0) is 36.8 Å². The van der Waals surface area contributed by atoms with Crippen molar-refractivity contribution in [3.05, 3.63) is 54.5 Å². The number of amides is 2. The molecule has 4 rings (SSSR count). The Balaban J connectivity index is 1.58. The summed E-state index contributed by atoms with van der Waals surface area (Å²) in [6.45, 7) is 3.24. The van der Waals surface area contributed by atoms with Crippen molar-refractivity contribution in [1.82, 2.24) is 24.1 Å². The predicted molar refractivity (Wildman–Crippen MR) is 125 cm³/mol. The minimum atomic E-state index is -4.03. The number of rotatable bonds is 7. The predicted octanol–water partition coefficient (Wildman–Crippen LogP) is 1.27. The van der Waals surface area contributed by atoms with E-state index in [1.807, 2.05) is 0 Å². The summed E-state index contributed by atoms with van der Waals surface area (Å²) in [5.41, 5.74) is 1.11. The van der Waals surface area contributed by atoms with Crippen molar-refractivity contribution in [2.75, 3.05) is 26.2 Å². The number of piperazine rings is 1. The first kappa shape index (κ1) is 23.5. The molecule has 3 aromatic rings. The summed E-state index contributed by atoms with van der Waals surface area (Å²) in [6, 6.07) is 11.1. The van der Waals surface area contributed by atoms with E-state index in [0.29, 0.717) is 42.8 Å². The van der Waals surface area contributed by atoms with Gasteiger partial charge in [-0.25, -0.2) is 8.42 Å². The number of hydrogen-bond donors (Lipinski definition) is 2. The number of aromatic nitrogens is 2. The van der Waals surface area contributed by atoms with Gasteiger partial charge in [0.2, 0.25) is 21.8 Å². The van der Waals surface area contributed by atoms with Crippen LogP contribution < -0.4 is 4.72 Å². The fourth-order valence-electron chi connectivity index (χ4n) is 4.22. The maximum atomic E-state index is 13.4. The van der Waals surface area contributed by atoms with E-state index >= 15 is 0 Å². The minimum absolute atomic E-state index is 0.0550. The topological polar surface area (TPSA) is 131 Å². The van der Waals surface area contributed by atoms with Crippen LogP contribution in [0.15, 0.2) is 53.7 Å². The number of sulfonamides is 1. The first-order chi connectivity index (χ1) is 16.3. The molecule has 1 aliphatic heterocycles. The second-order valence-corrected chi connectivity index (χ2v) is 9.87. The van der Waals surface area contributed by atoms with Crippen molar-refractivity contribution in [3.8, 4) is 6.07 Å². The number of benzene rings is 1.